The molecule has 1 aliphatic rings. The van der Waals surface area contributed by atoms with Crippen LogP contribution in [0.2, 0.25) is 0 Å². The molecule has 0 aromatic heterocycles. The molecule has 0 bridgehead atoms. The Hall–Kier alpha value is -2.65. The van der Waals surface area contributed by atoms with Crippen LogP contribution in [0.1, 0.15) is 30.1 Å². The molecule has 0 atom stereocenters. The molecule has 25 heavy (non-hydrogen) atoms. The number of carbonyl (C=O) groups is 2. The molecule has 0 spiro atoms. The van der Waals surface area contributed by atoms with Crippen molar-refractivity contribution >= 4 is 17.4 Å². The fraction of sp³-hybridized carbons (Fsp3) is 0.421. The standard InChI is InChI=1S/C19H24N4O2/c1-14(24)15-4-6-17(7-5-15)21-19(25)16(12-20)13-23(3)18-8-10-22(2)11-9-18/h4-7,13,18H,8-11H2,1-3H3,(H,21,25)/b16-13-. The average Bonchev–Trinajstić information content (AvgIpc) is 2.60. The van der Waals surface area contributed by atoms with E-state index in [2.05, 4.69) is 17.3 Å². The van der Waals surface area contributed by atoms with E-state index in [1.807, 2.05) is 18.0 Å². The summed E-state index contributed by atoms with van der Waals surface area (Å²) in [6, 6.07) is 8.93. The van der Waals surface area contributed by atoms with Gasteiger partial charge in [0.05, 0.1) is 0 Å². The van der Waals surface area contributed by atoms with E-state index in [0.29, 0.717) is 17.3 Å². The molecule has 1 heterocycles. The van der Waals surface area contributed by atoms with Gasteiger partial charge < -0.3 is 15.1 Å². The number of Topliss-reactive ketones (excluding diaryl/α,β-unsaturated/α-hetero) is 1. The number of likely N-dealkylation sites (tertiary alicyclic amines) is 1. The smallest absolute Gasteiger partial charge is 0.267 e. The van der Waals surface area contributed by atoms with Gasteiger partial charge in [0, 0.05) is 30.5 Å². The van der Waals surface area contributed by atoms with Gasteiger partial charge in [-0.25, -0.2) is 0 Å². The second-order valence-corrected chi connectivity index (χ2v) is 6.44. The van der Waals surface area contributed by atoms with Gasteiger partial charge in [-0.1, -0.05) is 0 Å². The molecule has 1 amide bonds. The fourth-order valence-corrected chi connectivity index (χ4v) is 2.84. The lowest BCUT2D eigenvalue weighted by molar-refractivity contribution is -0.112. The van der Waals surface area contributed by atoms with Crippen molar-refractivity contribution in [3.8, 4) is 6.07 Å². The minimum absolute atomic E-state index is 0.0322. The number of benzene rings is 1. The van der Waals surface area contributed by atoms with Crippen LogP contribution in [-0.2, 0) is 4.79 Å². The molecule has 0 saturated carbocycles. The number of amides is 1. The summed E-state index contributed by atoms with van der Waals surface area (Å²) in [6.45, 7) is 3.52. The van der Waals surface area contributed by atoms with E-state index in [1.165, 1.54) is 6.92 Å². The van der Waals surface area contributed by atoms with Gasteiger partial charge in [-0.05, 0) is 64.2 Å². The first-order valence-corrected chi connectivity index (χ1v) is 8.35. The van der Waals surface area contributed by atoms with E-state index in [4.69, 9.17) is 0 Å². The number of hydrogen-bond acceptors (Lipinski definition) is 5. The van der Waals surface area contributed by atoms with Crippen molar-refractivity contribution in [3.63, 3.8) is 0 Å². The lowest BCUT2D eigenvalue weighted by atomic mass is 10.0. The minimum Gasteiger partial charge on any atom is -0.376 e. The summed E-state index contributed by atoms with van der Waals surface area (Å²) in [6.07, 6.45) is 3.64. The quantitative estimate of drug-likeness (QED) is 0.505. The Kier molecular flexibility index (Phi) is 6.31. The van der Waals surface area contributed by atoms with Crippen LogP contribution in [-0.4, -0.2) is 54.7 Å². The zero-order valence-corrected chi connectivity index (χ0v) is 15.0. The number of hydrogen-bond donors (Lipinski definition) is 1. The molecule has 0 unspecified atom stereocenters. The summed E-state index contributed by atoms with van der Waals surface area (Å²) in [5.41, 5.74) is 1.20. The summed E-state index contributed by atoms with van der Waals surface area (Å²) in [7, 11) is 4.00. The largest absolute Gasteiger partial charge is 0.376 e. The Morgan fingerprint density at radius 2 is 1.88 bits per heavy atom. The Morgan fingerprint density at radius 1 is 1.28 bits per heavy atom. The number of nitrogens with zero attached hydrogens (tertiary/aromatic N) is 3. The fourth-order valence-electron chi connectivity index (χ4n) is 2.84. The maximum Gasteiger partial charge on any atom is 0.267 e. The Bertz CT molecular complexity index is 695. The van der Waals surface area contributed by atoms with Gasteiger partial charge in [0.1, 0.15) is 11.6 Å². The lowest BCUT2D eigenvalue weighted by Gasteiger charge is -2.34. The summed E-state index contributed by atoms with van der Waals surface area (Å²) >= 11 is 0. The summed E-state index contributed by atoms with van der Waals surface area (Å²) < 4.78 is 0. The number of piperidine rings is 1. The van der Waals surface area contributed by atoms with E-state index >= 15 is 0 Å². The van der Waals surface area contributed by atoms with Crippen LogP contribution in [0.4, 0.5) is 5.69 Å². The summed E-state index contributed by atoms with van der Waals surface area (Å²) in [5, 5.41) is 12.0. The molecule has 6 heteroatoms. The van der Waals surface area contributed by atoms with Crippen LogP contribution in [0.15, 0.2) is 36.0 Å². The SMILES string of the molecule is CC(=O)c1ccc(NC(=O)/C(C#N)=C\N(C)C2CCN(C)CC2)cc1. The predicted molar refractivity (Wildman–Crippen MR) is 97.1 cm³/mol. The van der Waals surface area contributed by atoms with Crippen LogP contribution in [0.25, 0.3) is 0 Å². The average molecular weight is 340 g/mol. The molecule has 0 radical (unpaired) electrons. The number of nitriles is 1. The number of rotatable bonds is 5. The zero-order valence-electron chi connectivity index (χ0n) is 15.0. The second-order valence-electron chi connectivity index (χ2n) is 6.44. The molecular weight excluding hydrogens is 316 g/mol. The maximum absolute atomic E-state index is 12.3. The van der Waals surface area contributed by atoms with Gasteiger partial charge in [-0.15, -0.1) is 0 Å². The minimum atomic E-state index is -0.446. The van der Waals surface area contributed by atoms with Crippen molar-refractivity contribution < 1.29 is 9.59 Å². The molecule has 1 aromatic rings. The molecule has 1 aromatic carbocycles. The Labute approximate surface area is 148 Å². The van der Waals surface area contributed by atoms with Gasteiger partial charge in [0.2, 0.25) is 0 Å². The third-order valence-electron chi connectivity index (χ3n) is 4.51. The molecule has 1 aliphatic heterocycles. The van der Waals surface area contributed by atoms with Crippen molar-refractivity contribution in [1.82, 2.24) is 9.80 Å². The Morgan fingerprint density at radius 3 is 2.40 bits per heavy atom. The van der Waals surface area contributed by atoms with Crippen molar-refractivity contribution in [2.45, 2.75) is 25.8 Å². The number of anilines is 1. The highest BCUT2D eigenvalue weighted by Crippen LogP contribution is 2.16. The van der Waals surface area contributed by atoms with E-state index in [0.717, 1.165) is 25.9 Å². The van der Waals surface area contributed by atoms with Gasteiger partial charge >= 0.3 is 0 Å². The predicted octanol–water partition coefficient (Wildman–Crippen LogP) is 2.26. The van der Waals surface area contributed by atoms with Crippen molar-refractivity contribution in [3.05, 3.63) is 41.6 Å². The van der Waals surface area contributed by atoms with Crippen LogP contribution >= 0.6 is 0 Å². The molecule has 1 saturated heterocycles. The van der Waals surface area contributed by atoms with Crippen LogP contribution < -0.4 is 5.32 Å². The molecule has 6 nitrogen and oxygen atoms in total. The molecular formula is C19H24N4O2. The van der Waals surface area contributed by atoms with E-state index < -0.39 is 5.91 Å². The highest BCUT2D eigenvalue weighted by molar-refractivity contribution is 6.06. The lowest BCUT2D eigenvalue weighted by Crippen LogP contribution is -2.40. The monoisotopic (exact) mass is 340 g/mol. The van der Waals surface area contributed by atoms with Crippen LogP contribution in [0.5, 0.6) is 0 Å². The first-order valence-electron chi connectivity index (χ1n) is 8.35. The van der Waals surface area contributed by atoms with Crippen molar-refractivity contribution in [2.75, 3.05) is 32.5 Å². The van der Waals surface area contributed by atoms with Crippen LogP contribution in [0, 0.1) is 11.3 Å². The second kappa shape index (κ2) is 8.45. The molecule has 132 valence electrons. The van der Waals surface area contributed by atoms with Gasteiger partial charge in [-0.2, -0.15) is 5.26 Å². The first-order chi connectivity index (χ1) is 11.9. The zero-order chi connectivity index (χ0) is 18.4. The molecule has 1 fully saturated rings. The normalized spacial score (nSPS) is 16.2. The topological polar surface area (TPSA) is 76.4 Å². The highest BCUT2D eigenvalue weighted by Gasteiger charge is 2.20. The molecule has 1 N–H and O–H groups in total. The maximum atomic E-state index is 12.3. The van der Waals surface area contributed by atoms with Crippen LogP contribution in [0.3, 0.4) is 0 Å². The summed E-state index contributed by atoms with van der Waals surface area (Å²) in [4.78, 5) is 27.8. The molecule has 2 rings (SSSR count). The van der Waals surface area contributed by atoms with E-state index in [-0.39, 0.29) is 11.4 Å². The number of carbonyl (C=O) groups excluding carboxylic acids is 2. The van der Waals surface area contributed by atoms with E-state index in [9.17, 15) is 14.9 Å². The Balaban J connectivity index is 2.02. The van der Waals surface area contributed by atoms with Gasteiger partial charge in [0.25, 0.3) is 5.91 Å². The molecule has 0 aliphatic carbocycles. The highest BCUT2D eigenvalue weighted by atomic mass is 16.1. The van der Waals surface area contributed by atoms with Crippen molar-refractivity contribution in [2.24, 2.45) is 0 Å². The van der Waals surface area contributed by atoms with Crippen molar-refractivity contribution in [1.29, 1.82) is 5.26 Å². The number of nitrogens with one attached hydrogen (secondary N) is 1. The van der Waals surface area contributed by atoms with Gasteiger partial charge in [-0.3, -0.25) is 9.59 Å². The summed E-state index contributed by atoms with van der Waals surface area (Å²) in [5.74, 6) is -0.479. The third kappa shape index (κ3) is 5.16. The first kappa shape index (κ1) is 18.7. The van der Waals surface area contributed by atoms with Gasteiger partial charge in [0.15, 0.2) is 5.78 Å². The third-order valence-corrected chi connectivity index (χ3v) is 4.51. The number of ketones is 1. The van der Waals surface area contributed by atoms with E-state index in [1.54, 1.807) is 30.5 Å².